The molecule has 4 rings (SSSR count). The van der Waals surface area contributed by atoms with Gasteiger partial charge in [-0.2, -0.15) is 26.3 Å². The van der Waals surface area contributed by atoms with Gasteiger partial charge >= 0.3 is 12.4 Å². The second kappa shape index (κ2) is 10.6. The van der Waals surface area contributed by atoms with Crippen molar-refractivity contribution in [3.63, 3.8) is 0 Å². The van der Waals surface area contributed by atoms with E-state index in [0.29, 0.717) is 31.0 Å². The maximum absolute atomic E-state index is 13.2. The SMILES string of the molecule is O=C(Nc1ccc(N2CCCC2)c(C(=O)NCC2CCCO2)c1)c1cc(C(F)(F)F)cc(C(F)(F)F)c1. The fraction of sp³-hybridized carbons (Fsp3) is 0.440. The maximum Gasteiger partial charge on any atom is 0.416 e. The summed E-state index contributed by atoms with van der Waals surface area (Å²) in [7, 11) is 0. The Kier molecular flexibility index (Phi) is 7.67. The van der Waals surface area contributed by atoms with Gasteiger partial charge in [-0.3, -0.25) is 9.59 Å². The van der Waals surface area contributed by atoms with E-state index in [2.05, 4.69) is 10.6 Å². The molecule has 6 nitrogen and oxygen atoms in total. The molecule has 1 atom stereocenters. The fourth-order valence-corrected chi connectivity index (χ4v) is 4.43. The van der Waals surface area contributed by atoms with Gasteiger partial charge in [-0.1, -0.05) is 0 Å². The molecule has 0 radical (unpaired) electrons. The zero-order valence-corrected chi connectivity index (χ0v) is 19.6. The van der Waals surface area contributed by atoms with Crippen molar-refractivity contribution in [2.24, 2.45) is 0 Å². The van der Waals surface area contributed by atoms with Crippen molar-refractivity contribution in [2.75, 3.05) is 36.5 Å². The minimum atomic E-state index is -5.08. The summed E-state index contributed by atoms with van der Waals surface area (Å²) in [6.45, 7) is 2.36. The number of amides is 2. The number of anilines is 2. The van der Waals surface area contributed by atoms with Crippen LogP contribution in [-0.4, -0.2) is 44.2 Å². The van der Waals surface area contributed by atoms with E-state index in [0.717, 1.165) is 38.8 Å². The number of hydrogen-bond acceptors (Lipinski definition) is 4. The van der Waals surface area contributed by atoms with Crippen LogP contribution in [0.25, 0.3) is 0 Å². The van der Waals surface area contributed by atoms with Crippen LogP contribution in [0.5, 0.6) is 0 Å². The molecule has 0 saturated carbocycles. The average molecular weight is 529 g/mol. The molecule has 2 aromatic rings. The Morgan fingerprint density at radius 1 is 0.892 bits per heavy atom. The Morgan fingerprint density at radius 3 is 2.11 bits per heavy atom. The molecular formula is C25H25F6N3O3. The Bertz CT molecular complexity index is 1120. The number of carbonyl (C=O) groups is 2. The minimum Gasteiger partial charge on any atom is -0.376 e. The van der Waals surface area contributed by atoms with Gasteiger partial charge < -0.3 is 20.3 Å². The second-order valence-electron chi connectivity index (χ2n) is 9.02. The first-order chi connectivity index (χ1) is 17.4. The van der Waals surface area contributed by atoms with Gasteiger partial charge in [0.25, 0.3) is 11.8 Å². The molecule has 2 saturated heterocycles. The molecule has 0 aromatic heterocycles. The summed E-state index contributed by atoms with van der Waals surface area (Å²) >= 11 is 0. The van der Waals surface area contributed by atoms with E-state index in [1.54, 1.807) is 6.07 Å². The number of ether oxygens (including phenoxy) is 1. The Morgan fingerprint density at radius 2 is 1.54 bits per heavy atom. The summed E-state index contributed by atoms with van der Waals surface area (Å²) in [5.74, 6) is -1.59. The normalized spacial score (nSPS) is 18.2. The molecule has 0 bridgehead atoms. The molecule has 2 aliphatic rings. The first kappa shape index (κ1) is 26.8. The molecule has 2 aromatic carbocycles. The Balaban J connectivity index is 1.60. The molecule has 2 fully saturated rings. The number of halogens is 6. The van der Waals surface area contributed by atoms with Gasteiger partial charge in [0.05, 0.1) is 22.8 Å². The van der Waals surface area contributed by atoms with Crippen molar-refractivity contribution in [3.8, 4) is 0 Å². The predicted octanol–water partition coefficient (Wildman–Crippen LogP) is 5.49. The molecule has 200 valence electrons. The molecule has 2 N–H and O–H groups in total. The summed E-state index contributed by atoms with van der Waals surface area (Å²) in [5.41, 5.74) is -3.08. The van der Waals surface area contributed by atoms with Gasteiger partial charge in [0, 0.05) is 43.2 Å². The first-order valence-electron chi connectivity index (χ1n) is 11.8. The fourth-order valence-electron chi connectivity index (χ4n) is 4.43. The molecule has 12 heteroatoms. The number of hydrogen-bond donors (Lipinski definition) is 2. The monoisotopic (exact) mass is 529 g/mol. The van der Waals surface area contributed by atoms with Gasteiger partial charge in [0.1, 0.15) is 0 Å². The number of nitrogens with zero attached hydrogens (tertiary/aromatic N) is 1. The van der Waals surface area contributed by atoms with Crippen LogP contribution in [0.3, 0.4) is 0 Å². The standard InChI is InChI=1S/C25H25F6N3O3/c26-24(27,28)16-10-15(11-17(12-16)25(29,30)31)22(35)33-18-5-6-21(34-7-1-2-8-34)20(13-18)23(36)32-14-19-4-3-9-37-19/h5-6,10-13,19H,1-4,7-9,14H2,(H,32,36)(H,33,35). The van der Waals surface area contributed by atoms with E-state index >= 15 is 0 Å². The van der Waals surface area contributed by atoms with Crippen molar-refractivity contribution in [1.82, 2.24) is 5.32 Å². The first-order valence-corrected chi connectivity index (χ1v) is 11.8. The van der Waals surface area contributed by atoms with Crippen molar-refractivity contribution in [3.05, 3.63) is 58.7 Å². The van der Waals surface area contributed by atoms with Crippen LogP contribution in [0.15, 0.2) is 36.4 Å². The van der Waals surface area contributed by atoms with Crippen LogP contribution >= 0.6 is 0 Å². The van der Waals surface area contributed by atoms with E-state index in [9.17, 15) is 35.9 Å². The predicted molar refractivity (Wildman–Crippen MR) is 124 cm³/mol. The molecular weight excluding hydrogens is 504 g/mol. The largest absolute Gasteiger partial charge is 0.416 e. The van der Waals surface area contributed by atoms with Crippen LogP contribution in [0, 0.1) is 0 Å². The highest BCUT2D eigenvalue weighted by Gasteiger charge is 2.37. The lowest BCUT2D eigenvalue weighted by atomic mass is 10.0. The lowest BCUT2D eigenvalue weighted by Crippen LogP contribution is -2.33. The van der Waals surface area contributed by atoms with E-state index in [-0.39, 0.29) is 23.4 Å². The molecule has 0 spiro atoms. The highest BCUT2D eigenvalue weighted by molar-refractivity contribution is 6.06. The molecule has 1 unspecified atom stereocenters. The number of rotatable bonds is 6. The van der Waals surface area contributed by atoms with Gasteiger partial charge in [-0.25, -0.2) is 0 Å². The minimum absolute atomic E-state index is 0.0435. The third-order valence-corrected chi connectivity index (χ3v) is 6.31. The molecule has 37 heavy (non-hydrogen) atoms. The van der Waals surface area contributed by atoms with Gasteiger partial charge in [0.2, 0.25) is 0 Å². The third kappa shape index (κ3) is 6.54. The van der Waals surface area contributed by atoms with E-state index < -0.39 is 40.9 Å². The van der Waals surface area contributed by atoms with Crippen molar-refractivity contribution in [1.29, 1.82) is 0 Å². The van der Waals surface area contributed by atoms with Crippen LogP contribution in [-0.2, 0) is 17.1 Å². The number of alkyl halides is 6. The zero-order chi connectivity index (χ0) is 26.8. The molecule has 2 amide bonds. The Labute approximate surface area is 209 Å². The van der Waals surface area contributed by atoms with Crippen molar-refractivity contribution >= 4 is 23.2 Å². The quantitative estimate of drug-likeness (QED) is 0.486. The van der Waals surface area contributed by atoms with Gasteiger partial charge in [-0.15, -0.1) is 0 Å². The number of benzene rings is 2. The third-order valence-electron chi connectivity index (χ3n) is 6.31. The zero-order valence-electron chi connectivity index (χ0n) is 19.6. The summed E-state index contributed by atoms with van der Waals surface area (Å²) in [4.78, 5) is 27.8. The highest BCUT2D eigenvalue weighted by atomic mass is 19.4. The van der Waals surface area contributed by atoms with Crippen LogP contribution in [0.1, 0.15) is 57.5 Å². The van der Waals surface area contributed by atoms with Crippen molar-refractivity contribution in [2.45, 2.75) is 44.1 Å². The van der Waals surface area contributed by atoms with Gasteiger partial charge in [-0.05, 0) is 62.1 Å². The Hall–Kier alpha value is -3.28. The second-order valence-corrected chi connectivity index (χ2v) is 9.02. The van der Waals surface area contributed by atoms with Crippen LogP contribution in [0.4, 0.5) is 37.7 Å². The molecule has 2 aliphatic heterocycles. The summed E-state index contributed by atoms with van der Waals surface area (Å²) < 4.78 is 84.6. The average Bonchev–Trinajstić information content (AvgIpc) is 3.55. The highest BCUT2D eigenvalue weighted by Crippen LogP contribution is 2.36. The van der Waals surface area contributed by atoms with Crippen molar-refractivity contribution < 1.29 is 40.7 Å². The number of carbonyl (C=O) groups excluding carboxylic acids is 2. The van der Waals surface area contributed by atoms with Gasteiger partial charge in [0.15, 0.2) is 0 Å². The van der Waals surface area contributed by atoms with E-state index in [1.165, 1.54) is 12.1 Å². The summed E-state index contributed by atoms with van der Waals surface area (Å²) in [6.07, 6.45) is -6.69. The maximum atomic E-state index is 13.2. The molecule has 2 heterocycles. The molecule has 0 aliphatic carbocycles. The van der Waals surface area contributed by atoms with Crippen LogP contribution in [0.2, 0.25) is 0 Å². The summed E-state index contributed by atoms with van der Waals surface area (Å²) in [6, 6.07) is 5.11. The lowest BCUT2D eigenvalue weighted by molar-refractivity contribution is -0.143. The van der Waals surface area contributed by atoms with E-state index in [1.807, 2.05) is 4.90 Å². The lowest BCUT2D eigenvalue weighted by Gasteiger charge is -2.22. The topological polar surface area (TPSA) is 70.7 Å². The van der Waals surface area contributed by atoms with Crippen LogP contribution < -0.4 is 15.5 Å². The number of nitrogens with one attached hydrogen (secondary N) is 2. The smallest absolute Gasteiger partial charge is 0.376 e. The summed E-state index contributed by atoms with van der Waals surface area (Å²) in [5, 5.41) is 5.14. The van der Waals surface area contributed by atoms with E-state index in [4.69, 9.17) is 4.74 Å².